The van der Waals surface area contributed by atoms with E-state index in [9.17, 15) is 4.79 Å². The van der Waals surface area contributed by atoms with E-state index in [0.717, 1.165) is 16.8 Å². The molecule has 0 fully saturated rings. The molecule has 2 aromatic rings. The third-order valence-corrected chi connectivity index (χ3v) is 2.64. The van der Waals surface area contributed by atoms with Gasteiger partial charge in [-0.1, -0.05) is 18.2 Å². The quantitative estimate of drug-likeness (QED) is 0.836. The van der Waals surface area contributed by atoms with E-state index in [1.165, 1.54) is 13.3 Å². The molecule has 0 atom stereocenters. The Hall–Kier alpha value is -2.20. The number of nitrogens with zero attached hydrogens (tertiary/aromatic N) is 1. The minimum atomic E-state index is -0.384. The van der Waals surface area contributed by atoms with Gasteiger partial charge in [-0.05, 0) is 23.8 Å². The largest absolute Gasteiger partial charge is 0.465 e. The first-order valence-electron chi connectivity index (χ1n) is 5.58. The number of nitrogens with two attached hydrogens (primary N) is 1. The Labute approximate surface area is 105 Å². The Morgan fingerprint density at radius 1 is 1.33 bits per heavy atom. The van der Waals surface area contributed by atoms with Gasteiger partial charge >= 0.3 is 5.97 Å². The van der Waals surface area contributed by atoms with Crippen molar-refractivity contribution in [3.8, 4) is 11.3 Å². The zero-order chi connectivity index (χ0) is 13.0. The SMILES string of the molecule is COC(=O)c1ccc(-c2cccc(CN)c2)nc1. The number of hydrogen-bond acceptors (Lipinski definition) is 4. The zero-order valence-corrected chi connectivity index (χ0v) is 10.1. The lowest BCUT2D eigenvalue weighted by atomic mass is 10.1. The van der Waals surface area contributed by atoms with Crippen molar-refractivity contribution in [1.29, 1.82) is 0 Å². The average Bonchev–Trinajstić information content (AvgIpc) is 2.46. The predicted octanol–water partition coefficient (Wildman–Crippen LogP) is 1.99. The van der Waals surface area contributed by atoms with E-state index in [1.807, 2.05) is 24.3 Å². The molecule has 2 N–H and O–H groups in total. The van der Waals surface area contributed by atoms with E-state index in [1.54, 1.807) is 12.1 Å². The number of benzene rings is 1. The third-order valence-electron chi connectivity index (χ3n) is 2.64. The molecule has 1 heterocycles. The Morgan fingerprint density at radius 2 is 2.17 bits per heavy atom. The second kappa shape index (κ2) is 5.42. The number of esters is 1. The topological polar surface area (TPSA) is 65.2 Å². The summed E-state index contributed by atoms with van der Waals surface area (Å²) in [4.78, 5) is 15.5. The van der Waals surface area contributed by atoms with Crippen molar-refractivity contribution >= 4 is 5.97 Å². The lowest BCUT2D eigenvalue weighted by Gasteiger charge is -2.04. The maximum absolute atomic E-state index is 11.3. The number of pyridine rings is 1. The minimum absolute atomic E-state index is 0.384. The second-order valence-electron chi connectivity index (χ2n) is 3.83. The number of carbonyl (C=O) groups is 1. The van der Waals surface area contributed by atoms with Crippen molar-refractivity contribution in [1.82, 2.24) is 4.98 Å². The van der Waals surface area contributed by atoms with Crippen LogP contribution in [0.5, 0.6) is 0 Å². The zero-order valence-electron chi connectivity index (χ0n) is 10.1. The molecule has 1 aromatic heterocycles. The molecule has 18 heavy (non-hydrogen) atoms. The highest BCUT2D eigenvalue weighted by atomic mass is 16.5. The maximum atomic E-state index is 11.3. The number of methoxy groups -OCH3 is 1. The van der Waals surface area contributed by atoms with Gasteiger partial charge in [-0.2, -0.15) is 0 Å². The molecule has 0 amide bonds. The molecule has 1 aromatic carbocycles. The first-order chi connectivity index (χ1) is 8.74. The molecule has 0 saturated heterocycles. The van der Waals surface area contributed by atoms with Crippen molar-refractivity contribution in [2.75, 3.05) is 7.11 Å². The van der Waals surface area contributed by atoms with Crippen LogP contribution in [0.25, 0.3) is 11.3 Å². The summed E-state index contributed by atoms with van der Waals surface area (Å²) in [5, 5.41) is 0. The lowest BCUT2D eigenvalue weighted by molar-refractivity contribution is 0.0600. The van der Waals surface area contributed by atoms with Crippen LogP contribution in [-0.4, -0.2) is 18.1 Å². The van der Waals surface area contributed by atoms with Gasteiger partial charge in [0.05, 0.1) is 18.4 Å². The van der Waals surface area contributed by atoms with Crippen LogP contribution in [0, 0.1) is 0 Å². The third kappa shape index (κ3) is 2.55. The van der Waals surface area contributed by atoms with E-state index < -0.39 is 0 Å². The summed E-state index contributed by atoms with van der Waals surface area (Å²) < 4.78 is 4.62. The lowest BCUT2D eigenvalue weighted by Crippen LogP contribution is -2.01. The van der Waals surface area contributed by atoms with Crippen LogP contribution in [0.15, 0.2) is 42.6 Å². The fourth-order valence-electron chi connectivity index (χ4n) is 1.66. The van der Waals surface area contributed by atoms with E-state index in [0.29, 0.717) is 12.1 Å². The maximum Gasteiger partial charge on any atom is 0.339 e. The smallest absolute Gasteiger partial charge is 0.339 e. The molecule has 0 spiro atoms. The summed E-state index contributed by atoms with van der Waals surface area (Å²) in [6, 6.07) is 11.3. The molecule has 92 valence electrons. The summed E-state index contributed by atoms with van der Waals surface area (Å²) in [5.74, 6) is -0.384. The molecule has 0 radical (unpaired) electrons. The molecule has 0 aliphatic heterocycles. The predicted molar refractivity (Wildman–Crippen MR) is 68.9 cm³/mol. The molecular weight excluding hydrogens is 228 g/mol. The summed E-state index contributed by atoms with van der Waals surface area (Å²) >= 11 is 0. The molecule has 0 bridgehead atoms. The van der Waals surface area contributed by atoms with Crippen LogP contribution in [0.3, 0.4) is 0 Å². The normalized spacial score (nSPS) is 10.1. The average molecular weight is 242 g/mol. The van der Waals surface area contributed by atoms with Gasteiger partial charge in [0.25, 0.3) is 0 Å². The number of ether oxygens (including phenoxy) is 1. The monoisotopic (exact) mass is 242 g/mol. The highest BCUT2D eigenvalue weighted by Crippen LogP contribution is 2.18. The van der Waals surface area contributed by atoms with Crippen molar-refractivity contribution in [3.63, 3.8) is 0 Å². The van der Waals surface area contributed by atoms with Crippen LogP contribution in [-0.2, 0) is 11.3 Å². The van der Waals surface area contributed by atoms with Gasteiger partial charge in [0, 0.05) is 18.3 Å². The summed E-state index contributed by atoms with van der Waals surface area (Å²) in [6.45, 7) is 0.494. The fraction of sp³-hybridized carbons (Fsp3) is 0.143. The molecule has 2 rings (SSSR count). The van der Waals surface area contributed by atoms with Gasteiger partial charge in [0.15, 0.2) is 0 Å². The summed E-state index contributed by atoms with van der Waals surface area (Å²) in [5.41, 5.74) is 8.87. The fourth-order valence-corrected chi connectivity index (χ4v) is 1.66. The van der Waals surface area contributed by atoms with Crippen LogP contribution in [0.1, 0.15) is 15.9 Å². The van der Waals surface area contributed by atoms with Gasteiger partial charge in [-0.25, -0.2) is 4.79 Å². The standard InChI is InChI=1S/C14H14N2O2/c1-18-14(17)12-5-6-13(16-9-12)11-4-2-3-10(7-11)8-15/h2-7,9H,8,15H2,1H3. The molecule has 0 saturated carbocycles. The van der Waals surface area contributed by atoms with Crippen molar-refractivity contribution in [2.45, 2.75) is 6.54 Å². The Kier molecular flexibility index (Phi) is 3.69. The van der Waals surface area contributed by atoms with E-state index in [2.05, 4.69) is 9.72 Å². The molecule has 0 aliphatic carbocycles. The molecule has 4 nitrogen and oxygen atoms in total. The number of carbonyl (C=O) groups excluding carboxylic acids is 1. The van der Waals surface area contributed by atoms with Crippen LogP contribution < -0.4 is 5.73 Å². The summed E-state index contributed by atoms with van der Waals surface area (Å²) in [6.07, 6.45) is 1.51. The van der Waals surface area contributed by atoms with Crippen molar-refractivity contribution < 1.29 is 9.53 Å². The number of rotatable bonds is 3. The highest BCUT2D eigenvalue weighted by molar-refractivity contribution is 5.89. The van der Waals surface area contributed by atoms with E-state index in [4.69, 9.17) is 5.73 Å². The number of hydrogen-bond donors (Lipinski definition) is 1. The van der Waals surface area contributed by atoms with Crippen molar-refractivity contribution in [2.24, 2.45) is 5.73 Å². The Balaban J connectivity index is 2.31. The summed E-state index contributed by atoms with van der Waals surface area (Å²) in [7, 11) is 1.35. The number of aromatic nitrogens is 1. The first-order valence-corrected chi connectivity index (χ1v) is 5.58. The van der Waals surface area contributed by atoms with Gasteiger partial charge in [0.2, 0.25) is 0 Å². The van der Waals surface area contributed by atoms with Crippen molar-refractivity contribution in [3.05, 3.63) is 53.7 Å². The van der Waals surface area contributed by atoms with Gasteiger partial charge in [-0.15, -0.1) is 0 Å². The van der Waals surface area contributed by atoms with Crippen LogP contribution in [0.4, 0.5) is 0 Å². The van der Waals surface area contributed by atoms with E-state index in [-0.39, 0.29) is 5.97 Å². The molecular formula is C14H14N2O2. The van der Waals surface area contributed by atoms with Gasteiger partial charge in [-0.3, -0.25) is 4.98 Å². The van der Waals surface area contributed by atoms with Gasteiger partial charge < -0.3 is 10.5 Å². The molecule has 0 aliphatic rings. The van der Waals surface area contributed by atoms with Crippen LogP contribution in [0.2, 0.25) is 0 Å². The van der Waals surface area contributed by atoms with Crippen LogP contribution >= 0.6 is 0 Å². The highest BCUT2D eigenvalue weighted by Gasteiger charge is 2.06. The Bertz CT molecular complexity index is 550. The Morgan fingerprint density at radius 3 is 2.78 bits per heavy atom. The molecule has 0 unspecified atom stereocenters. The van der Waals surface area contributed by atoms with E-state index >= 15 is 0 Å². The second-order valence-corrected chi connectivity index (χ2v) is 3.83. The van der Waals surface area contributed by atoms with Gasteiger partial charge in [0.1, 0.15) is 0 Å². The first kappa shape index (κ1) is 12.3. The minimum Gasteiger partial charge on any atom is -0.465 e. The molecule has 4 heteroatoms.